The van der Waals surface area contributed by atoms with Crippen molar-refractivity contribution >= 4 is 33.2 Å². The molecule has 0 aliphatic carbocycles. The van der Waals surface area contributed by atoms with Crippen LogP contribution in [0.25, 0.3) is 0 Å². The minimum absolute atomic E-state index is 0.245. The summed E-state index contributed by atoms with van der Waals surface area (Å²) >= 11 is 3.22. The molecule has 168 valence electrons. The molecule has 1 N–H and O–H groups in total. The van der Waals surface area contributed by atoms with Crippen LogP contribution in [0.15, 0.2) is 34.8 Å². The van der Waals surface area contributed by atoms with Crippen molar-refractivity contribution < 1.29 is 28.1 Å². The molecule has 2 aromatic carbocycles. The van der Waals surface area contributed by atoms with Crippen LogP contribution in [-0.4, -0.2) is 52.0 Å². The maximum absolute atomic E-state index is 13.2. The van der Waals surface area contributed by atoms with E-state index in [1.54, 1.807) is 6.07 Å². The molecule has 0 atom stereocenters. The fourth-order valence-electron chi connectivity index (χ4n) is 3.17. The number of ether oxygens (including phenoxy) is 4. The van der Waals surface area contributed by atoms with E-state index in [0.29, 0.717) is 53.8 Å². The smallest absolute Gasteiger partial charge is 0.262 e. The Bertz CT molecular complexity index is 906. The van der Waals surface area contributed by atoms with Crippen LogP contribution in [0.5, 0.6) is 17.2 Å². The number of carbonyl (C=O) groups excluding carboxylic acids is 1. The van der Waals surface area contributed by atoms with Crippen molar-refractivity contribution in [2.75, 3.05) is 56.3 Å². The number of amides is 1. The van der Waals surface area contributed by atoms with E-state index in [4.69, 9.17) is 18.9 Å². The maximum Gasteiger partial charge on any atom is 0.262 e. The first-order valence-corrected chi connectivity index (χ1v) is 10.9. The highest BCUT2D eigenvalue weighted by Gasteiger charge is 2.20. The molecule has 3 rings (SSSR count). The van der Waals surface area contributed by atoms with Gasteiger partial charge in [0.15, 0.2) is 6.61 Å². The van der Waals surface area contributed by atoms with Crippen LogP contribution in [0.2, 0.25) is 0 Å². The Balaban J connectivity index is 1.77. The lowest BCUT2D eigenvalue weighted by Gasteiger charge is -2.31. The fraction of sp³-hybridized carbons (Fsp3) is 0.409. The summed E-state index contributed by atoms with van der Waals surface area (Å²) < 4.78 is 36.2. The van der Waals surface area contributed by atoms with Crippen LogP contribution in [-0.2, 0) is 9.53 Å². The van der Waals surface area contributed by atoms with Crippen molar-refractivity contribution in [2.24, 2.45) is 0 Å². The van der Waals surface area contributed by atoms with E-state index < -0.39 is 5.82 Å². The number of nitrogens with one attached hydrogen (secondary N) is 1. The number of rotatable bonds is 9. The van der Waals surface area contributed by atoms with Crippen LogP contribution >= 0.6 is 15.9 Å². The first-order valence-electron chi connectivity index (χ1n) is 10.2. The van der Waals surface area contributed by atoms with Crippen LogP contribution in [0.3, 0.4) is 0 Å². The number of benzene rings is 2. The lowest BCUT2D eigenvalue weighted by molar-refractivity contribution is -0.118. The minimum Gasteiger partial charge on any atom is -0.492 e. The van der Waals surface area contributed by atoms with Gasteiger partial charge in [-0.3, -0.25) is 4.79 Å². The highest BCUT2D eigenvalue weighted by Crippen LogP contribution is 2.39. The topological polar surface area (TPSA) is 69.3 Å². The van der Waals surface area contributed by atoms with E-state index >= 15 is 0 Å². The summed E-state index contributed by atoms with van der Waals surface area (Å²) in [5.41, 5.74) is 1.40. The average Bonchev–Trinajstić information content (AvgIpc) is 2.75. The van der Waals surface area contributed by atoms with E-state index in [1.165, 1.54) is 18.2 Å². The summed E-state index contributed by atoms with van der Waals surface area (Å²) in [4.78, 5) is 14.7. The maximum atomic E-state index is 13.2. The molecule has 0 spiro atoms. The zero-order valence-electron chi connectivity index (χ0n) is 17.6. The molecule has 1 saturated heterocycles. The summed E-state index contributed by atoms with van der Waals surface area (Å²) in [6.45, 7) is 7.26. The molecule has 7 nitrogen and oxygen atoms in total. The molecule has 2 aromatic rings. The standard InChI is InChI=1S/C22H26BrFN2O5/c1-3-29-20-13-18(26-7-9-28-10-8-26)21(30-4-2)12-17(20)25-22(27)14-31-19-6-5-15(24)11-16(19)23/h5-6,11-13H,3-4,7-10,14H2,1-2H3,(H,25,27). The Morgan fingerprint density at radius 1 is 1.06 bits per heavy atom. The normalized spacial score (nSPS) is 13.6. The third kappa shape index (κ3) is 6.24. The van der Waals surface area contributed by atoms with Crippen molar-refractivity contribution in [1.29, 1.82) is 0 Å². The van der Waals surface area contributed by atoms with Gasteiger partial charge < -0.3 is 29.2 Å². The molecular weight excluding hydrogens is 471 g/mol. The lowest BCUT2D eigenvalue weighted by atomic mass is 10.2. The van der Waals surface area contributed by atoms with Crippen LogP contribution in [0, 0.1) is 5.82 Å². The van der Waals surface area contributed by atoms with Crippen molar-refractivity contribution in [1.82, 2.24) is 0 Å². The summed E-state index contributed by atoms with van der Waals surface area (Å²) in [5, 5.41) is 2.82. The van der Waals surface area contributed by atoms with Gasteiger partial charge in [-0.15, -0.1) is 0 Å². The Morgan fingerprint density at radius 2 is 1.77 bits per heavy atom. The molecule has 0 radical (unpaired) electrons. The first-order chi connectivity index (χ1) is 15.0. The quantitative estimate of drug-likeness (QED) is 0.559. The van der Waals surface area contributed by atoms with Gasteiger partial charge in [-0.2, -0.15) is 0 Å². The number of nitrogens with zero attached hydrogens (tertiary/aromatic N) is 1. The molecule has 0 aromatic heterocycles. The number of morpholine rings is 1. The van der Waals surface area contributed by atoms with Gasteiger partial charge in [0.05, 0.1) is 42.3 Å². The Morgan fingerprint density at radius 3 is 2.45 bits per heavy atom. The van der Waals surface area contributed by atoms with Gasteiger partial charge in [0.1, 0.15) is 23.1 Å². The molecule has 1 heterocycles. The van der Waals surface area contributed by atoms with E-state index in [-0.39, 0.29) is 12.5 Å². The average molecular weight is 497 g/mol. The predicted octanol–water partition coefficient (Wildman–Crippen LogP) is 4.24. The number of anilines is 2. The third-order valence-corrected chi connectivity index (χ3v) is 5.16. The molecule has 1 fully saturated rings. The molecule has 0 unspecified atom stereocenters. The second-order valence-electron chi connectivity index (χ2n) is 6.69. The van der Waals surface area contributed by atoms with Crippen LogP contribution < -0.4 is 24.4 Å². The molecule has 9 heteroatoms. The zero-order valence-corrected chi connectivity index (χ0v) is 19.2. The van der Waals surface area contributed by atoms with Gasteiger partial charge in [0.25, 0.3) is 5.91 Å². The molecular formula is C22H26BrFN2O5. The predicted molar refractivity (Wildman–Crippen MR) is 120 cm³/mol. The van der Waals surface area contributed by atoms with E-state index in [0.717, 1.165) is 18.8 Å². The number of hydrogen-bond donors (Lipinski definition) is 1. The molecule has 1 amide bonds. The van der Waals surface area contributed by atoms with Gasteiger partial charge in [0, 0.05) is 25.2 Å². The van der Waals surface area contributed by atoms with Crippen LogP contribution in [0.4, 0.5) is 15.8 Å². The van der Waals surface area contributed by atoms with Crippen molar-refractivity contribution in [2.45, 2.75) is 13.8 Å². The van der Waals surface area contributed by atoms with E-state index in [1.807, 2.05) is 19.9 Å². The summed E-state index contributed by atoms with van der Waals surface area (Å²) in [6, 6.07) is 7.66. The second kappa shape index (κ2) is 11.2. The number of halogens is 2. The zero-order chi connectivity index (χ0) is 22.2. The third-order valence-electron chi connectivity index (χ3n) is 4.54. The summed E-state index contributed by atoms with van der Waals surface area (Å²) in [7, 11) is 0. The number of hydrogen-bond acceptors (Lipinski definition) is 6. The summed E-state index contributed by atoms with van der Waals surface area (Å²) in [6.07, 6.45) is 0. The fourth-order valence-corrected chi connectivity index (χ4v) is 3.63. The minimum atomic E-state index is -0.395. The highest BCUT2D eigenvalue weighted by molar-refractivity contribution is 9.10. The summed E-state index contributed by atoms with van der Waals surface area (Å²) in [5.74, 6) is 0.806. The van der Waals surface area contributed by atoms with Crippen molar-refractivity contribution in [3.05, 3.63) is 40.6 Å². The molecule has 1 aliphatic heterocycles. The van der Waals surface area contributed by atoms with Crippen LogP contribution in [0.1, 0.15) is 13.8 Å². The lowest BCUT2D eigenvalue weighted by Crippen LogP contribution is -2.36. The second-order valence-corrected chi connectivity index (χ2v) is 7.55. The SMILES string of the molecule is CCOc1cc(N2CCOCC2)c(OCC)cc1NC(=O)COc1ccc(F)cc1Br. The highest BCUT2D eigenvalue weighted by atomic mass is 79.9. The first kappa shape index (κ1) is 23.1. The van der Waals surface area contributed by atoms with Gasteiger partial charge in [-0.1, -0.05) is 0 Å². The Kier molecular flexibility index (Phi) is 8.36. The molecule has 31 heavy (non-hydrogen) atoms. The Hall–Kier alpha value is -2.52. The molecule has 1 aliphatic rings. The van der Waals surface area contributed by atoms with E-state index in [2.05, 4.69) is 26.1 Å². The monoisotopic (exact) mass is 496 g/mol. The van der Waals surface area contributed by atoms with Crippen molar-refractivity contribution in [3.8, 4) is 17.2 Å². The van der Waals surface area contributed by atoms with E-state index in [9.17, 15) is 9.18 Å². The van der Waals surface area contributed by atoms with Gasteiger partial charge in [0.2, 0.25) is 0 Å². The van der Waals surface area contributed by atoms with Crippen molar-refractivity contribution in [3.63, 3.8) is 0 Å². The number of carbonyl (C=O) groups is 1. The van der Waals surface area contributed by atoms with Gasteiger partial charge in [-0.25, -0.2) is 4.39 Å². The molecule has 0 bridgehead atoms. The molecule has 0 saturated carbocycles. The van der Waals surface area contributed by atoms with Gasteiger partial charge in [-0.05, 0) is 48.0 Å². The Labute approximate surface area is 189 Å². The van der Waals surface area contributed by atoms with Gasteiger partial charge >= 0.3 is 0 Å². The largest absolute Gasteiger partial charge is 0.492 e.